The van der Waals surface area contributed by atoms with Crippen LogP contribution >= 0.6 is 7.60 Å². The smallest absolute Gasteiger partial charge is 0.330 e. The number of amides is 1. The summed E-state index contributed by atoms with van der Waals surface area (Å²) in [4.78, 5) is 15.5. The molecule has 1 atom stereocenters. The molecule has 1 saturated heterocycles. The molecule has 3 rings (SSSR count). The van der Waals surface area contributed by atoms with Gasteiger partial charge in [0.15, 0.2) is 5.96 Å². The monoisotopic (exact) mass is 649 g/mol. The maximum absolute atomic E-state index is 13.8. The van der Waals surface area contributed by atoms with Crippen LogP contribution in [0, 0.1) is 11.3 Å². The lowest BCUT2D eigenvalue weighted by Crippen LogP contribution is -2.51. The molecule has 0 aromatic heterocycles. The van der Waals surface area contributed by atoms with E-state index < -0.39 is 29.1 Å². The van der Waals surface area contributed by atoms with Crippen LogP contribution in [-0.2, 0) is 33.8 Å². The molecule has 1 amide bonds. The number of sulfonamides is 1. The maximum atomic E-state index is 13.8. The van der Waals surface area contributed by atoms with Crippen molar-refractivity contribution in [2.45, 2.75) is 69.7 Å². The zero-order valence-corrected chi connectivity index (χ0v) is 28.0. The van der Waals surface area contributed by atoms with Crippen molar-refractivity contribution in [3.63, 3.8) is 0 Å². The standard InChI is InChI=1S/C31H48N5O6PS/c1-5-41-43(38,42-6-2)23-24-17-20-36(21-18-24)29(37)28(16-11-19-34-30(32)33)35-44(39,40)27-15-10-14-26(22-27)31(3,4)25-12-8-7-9-13-25/h7-10,12-15,22,24,28,35H,5-6,11,16-21,23H2,1-4H3,(H4,32,33,34)/t28-/m0/s1. The van der Waals surface area contributed by atoms with Crippen molar-refractivity contribution in [2.24, 2.45) is 11.7 Å². The predicted octanol–water partition coefficient (Wildman–Crippen LogP) is 4.43. The summed E-state index contributed by atoms with van der Waals surface area (Å²) in [5.41, 5.74) is 6.84. The van der Waals surface area contributed by atoms with Crippen molar-refractivity contribution in [3.8, 4) is 0 Å². The van der Waals surface area contributed by atoms with Crippen LogP contribution in [0.5, 0.6) is 0 Å². The highest BCUT2D eigenvalue weighted by molar-refractivity contribution is 7.89. The number of piperidine rings is 1. The van der Waals surface area contributed by atoms with Gasteiger partial charge in [0.05, 0.1) is 24.3 Å². The Morgan fingerprint density at radius 1 is 1.07 bits per heavy atom. The van der Waals surface area contributed by atoms with Gasteiger partial charge in [-0.15, -0.1) is 0 Å². The topological polar surface area (TPSA) is 164 Å². The Labute approximate surface area is 262 Å². The quantitative estimate of drug-likeness (QED) is 0.0898. The number of nitrogens with one attached hydrogen (secondary N) is 3. The Kier molecular flexibility index (Phi) is 13.0. The molecule has 2 aromatic carbocycles. The van der Waals surface area contributed by atoms with Crippen LogP contribution in [0.25, 0.3) is 0 Å². The highest BCUT2D eigenvalue weighted by Gasteiger charge is 2.35. The van der Waals surface area contributed by atoms with Crippen LogP contribution < -0.4 is 15.8 Å². The molecule has 0 saturated carbocycles. The Morgan fingerprint density at radius 2 is 1.68 bits per heavy atom. The van der Waals surface area contributed by atoms with E-state index in [9.17, 15) is 17.8 Å². The fourth-order valence-corrected chi connectivity index (χ4v) is 8.84. The second-order valence-corrected chi connectivity index (χ2v) is 15.4. The Balaban J connectivity index is 1.76. The Bertz CT molecular complexity index is 1390. The molecule has 244 valence electrons. The van der Waals surface area contributed by atoms with E-state index in [0.29, 0.717) is 58.3 Å². The van der Waals surface area contributed by atoms with Gasteiger partial charge in [-0.25, -0.2) is 8.42 Å². The number of rotatable bonds is 16. The summed E-state index contributed by atoms with van der Waals surface area (Å²) in [7, 11) is -7.27. The van der Waals surface area contributed by atoms with E-state index in [-0.39, 0.29) is 29.1 Å². The first-order chi connectivity index (χ1) is 20.8. The summed E-state index contributed by atoms with van der Waals surface area (Å²) in [5, 5.41) is 10.1. The summed E-state index contributed by atoms with van der Waals surface area (Å²) in [5.74, 6) is -0.438. The number of hydrogen-bond acceptors (Lipinski definition) is 7. The molecular weight excluding hydrogens is 601 g/mol. The van der Waals surface area contributed by atoms with Gasteiger partial charge >= 0.3 is 7.60 Å². The molecule has 5 N–H and O–H groups in total. The first-order valence-electron chi connectivity index (χ1n) is 15.2. The number of carbonyl (C=O) groups excluding carboxylic acids is 1. The van der Waals surface area contributed by atoms with Crippen molar-refractivity contribution in [2.75, 3.05) is 39.0 Å². The summed E-state index contributed by atoms with van der Waals surface area (Å²) < 4.78 is 54.0. The molecule has 13 heteroatoms. The third-order valence-electron chi connectivity index (χ3n) is 8.00. The maximum Gasteiger partial charge on any atom is 0.330 e. The first kappa shape index (κ1) is 35.7. The number of nitrogens with two attached hydrogens (primary N) is 1. The van der Waals surface area contributed by atoms with Gasteiger partial charge in [0, 0.05) is 25.0 Å². The van der Waals surface area contributed by atoms with Gasteiger partial charge in [-0.2, -0.15) is 4.72 Å². The van der Waals surface area contributed by atoms with Gasteiger partial charge in [0.25, 0.3) is 0 Å². The lowest BCUT2D eigenvalue weighted by atomic mass is 9.78. The minimum Gasteiger partial charge on any atom is -0.370 e. The van der Waals surface area contributed by atoms with E-state index in [2.05, 4.69) is 10.0 Å². The second-order valence-electron chi connectivity index (χ2n) is 11.6. The normalized spacial score (nSPS) is 15.6. The largest absolute Gasteiger partial charge is 0.370 e. The summed E-state index contributed by atoms with van der Waals surface area (Å²) in [6.45, 7) is 9.37. The number of benzene rings is 2. The van der Waals surface area contributed by atoms with Crippen molar-refractivity contribution < 1.29 is 26.8 Å². The average Bonchev–Trinajstić information content (AvgIpc) is 2.99. The zero-order chi connectivity index (χ0) is 32.4. The van der Waals surface area contributed by atoms with E-state index in [1.807, 2.05) is 50.2 Å². The molecule has 1 aliphatic heterocycles. The molecule has 1 fully saturated rings. The minimum atomic E-state index is -4.06. The van der Waals surface area contributed by atoms with Gasteiger partial charge in [0.2, 0.25) is 15.9 Å². The number of guanidine groups is 1. The van der Waals surface area contributed by atoms with Gasteiger partial charge in [-0.3, -0.25) is 14.8 Å². The predicted molar refractivity (Wildman–Crippen MR) is 173 cm³/mol. The highest BCUT2D eigenvalue weighted by Crippen LogP contribution is 2.50. The van der Waals surface area contributed by atoms with Crippen molar-refractivity contribution >= 4 is 29.5 Å². The Morgan fingerprint density at radius 3 is 2.27 bits per heavy atom. The van der Waals surface area contributed by atoms with Gasteiger partial charge in [-0.05, 0) is 68.7 Å². The number of hydrogen-bond donors (Lipinski definition) is 4. The second kappa shape index (κ2) is 16.0. The molecule has 1 aliphatic rings. The molecule has 0 unspecified atom stereocenters. The van der Waals surface area contributed by atoms with Crippen LogP contribution in [0.15, 0.2) is 59.5 Å². The lowest BCUT2D eigenvalue weighted by Gasteiger charge is -2.35. The van der Waals surface area contributed by atoms with E-state index in [0.717, 1.165) is 11.1 Å². The van der Waals surface area contributed by atoms with E-state index in [1.165, 1.54) is 6.07 Å². The van der Waals surface area contributed by atoms with Gasteiger partial charge in [0.1, 0.15) is 6.04 Å². The molecule has 44 heavy (non-hydrogen) atoms. The van der Waals surface area contributed by atoms with Crippen LogP contribution in [-0.4, -0.2) is 70.2 Å². The van der Waals surface area contributed by atoms with Crippen molar-refractivity contribution in [1.29, 1.82) is 5.41 Å². The van der Waals surface area contributed by atoms with E-state index in [4.69, 9.17) is 20.2 Å². The van der Waals surface area contributed by atoms with Crippen molar-refractivity contribution in [3.05, 3.63) is 65.7 Å². The lowest BCUT2D eigenvalue weighted by molar-refractivity contribution is -0.134. The molecule has 0 radical (unpaired) electrons. The number of likely N-dealkylation sites (tertiary alicyclic amines) is 1. The van der Waals surface area contributed by atoms with Gasteiger partial charge < -0.3 is 25.0 Å². The third kappa shape index (κ3) is 9.87. The zero-order valence-electron chi connectivity index (χ0n) is 26.3. The minimum absolute atomic E-state index is 0.0635. The Hall–Kier alpha value is -2.76. The SMILES string of the molecule is CCOP(=O)(CC1CCN(C(=O)[C@H](CCCNC(=N)N)NS(=O)(=O)c2cccc(C(C)(C)c3ccccc3)c2)CC1)OCC. The molecule has 2 aromatic rings. The third-order valence-corrected chi connectivity index (χ3v) is 11.7. The van der Waals surface area contributed by atoms with Crippen molar-refractivity contribution in [1.82, 2.24) is 14.9 Å². The fourth-order valence-electron chi connectivity index (χ4n) is 5.50. The summed E-state index contributed by atoms with van der Waals surface area (Å²) >= 11 is 0. The van der Waals surface area contributed by atoms with Gasteiger partial charge in [-0.1, -0.05) is 56.3 Å². The van der Waals surface area contributed by atoms with Crippen LogP contribution in [0.2, 0.25) is 0 Å². The molecule has 11 nitrogen and oxygen atoms in total. The van der Waals surface area contributed by atoms with E-state index >= 15 is 0 Å². The van der Waals surface area contributed by atoms with Crippen LogP contribution in [0.4, 0.5) is 0 Å². The molecule has 0 spiro atoms. The molecule has 0 aliphatic carbocycles. The fraction of sp³-hybridized carbons (Fsp3) is 0.548. The number of carbonyl (C=O) groups is 1. The first-order valence-corrected chi connectivity index (χ1v) is 18.5. The van der Waals surface area contributed by atoms with E-state index in [1.54, 1.807) is 30.9 Å². The molecule has 1 heterocycles. The average molecular weight is 650 g/mol. The highest BCUT2D eigenvalue weighted by atomic mass is 32.2. The summed E-state index contributed by atoms with van der Waals surface area (Å²) in [6, 6.07) is 15.7. The molecular formula is C31H48N5O6PS. The van der Waals surface area contributed by atoms with Crippen LogP contribution in [0.3, 0.4) is 0 Å². The number of nitrogens with zero attached hydrogens (tertiary/aromatic N) is 1. The molecule has 0 bridgehead atoms. The van der Waals surface area contributed by atoms with Crippen LogP contribution in [0.1, 0.15) is 64.5 Å². The summed E-state index contributed by atoms with van der Waals surface area (Å²) in [6.07, 6.45) is 2.15.